The quantitative estimate of drug-likeness (QED) is 0.317. The van der Waals surface area contributed by atoms with Crippen molar-refractivity contribution in [1.82, 2.24) is 9.97 Å². The number of hydrogen-bond donors (Lipinski definition) is 5. The molecule has 1 amide bonds. The molecule has 0 bridgehead atoms. The van der Waals surface area contributed by atoms with E-state index in [0.717, 1.165) is 0 Å². The molecule has 1 aliphatic heterocycles. The summed E-state index contributed by atoms with van der Waals surface area (Å²) in [6.45, 7) is 0.440. The summed E-state index contributed by atoms with van der Waals surface area (Å²) < 4.78 is 11.3. The first kappa shape index (κ1) is 30.0. The van der Waals surface area contributed by atoms with Crippen LogP contribution in [-0.2, 0) is 9.59 Å². The Bertz CT molecular complexity index is 967. The highest BCUT2D eigenvalue weighted by Crippen LogP contribution is 2.41. The average Bonchev–Trinajstić information content (AvgIpc) is 2.84. The van der Waals surface area contributed by atoms with Crippen molar-refractivity contribution < 1.29 is 39.5 Å². The molecule has 0 unspecified atom stereocenters. The molecule has 12 nitrogen and oxygen atoms in total. The van der Waals surface area contributed by atoms with Gasteiger partial charge in [-0.05, 0) is 19.1 Å². The van der Waals surface area contributed by atoms with Crippen LogP contribution in [0.15, 0.2) is 30.6 Å². The number of aromatic nitrogens is 2. The number of anilines is 1. The largest absolute Gasteiger partial charge is 0.481 e. The summed E-state index contributed by atoms with van der Waals surface area (Å²) in [6.07, 6.45) is 2.61. The number of nitrogens with zero attached hydrogens (tertiary/aromatic N) is 3. The summed E-state index contributed by atoms with van der Waals surface area (Å²) in [4.78, 5) is 32.5. The zero-order valence-corrected chi connectivity index (χ0v) is 19.2. The molecule has 194 valence electrons. The van der Waals surface area contributed by atoms with Gasteiger partial charge in [-0.2, -0.15) is 0 Å². The van der Waals surface area contributed by atoms with E-state index in [1.54, 1.807) is 31.5 Å². The van der Waals surface area contributed by atoms with Crippen LogP contribution < -0.4 is 20.1 Å². The van der Waals surface area contributed by atoms with Gasteiger partial charge in [0, 0.05) is 25.0 Å². The van der Waals surface area contributed by atoms with E-state index in [4.69, 9.17) is 47.2 Å². The summed E-state index contributed by atoms with van der Waals surface area (Å²) in [6, 6.07) is 4.82. The molecule has 0 fully saturated rings. The normalized spacial score (nSPS) is 13.4. The Morgan fingerprint density at radius 1 is 1.26 bits per heavy atom. The molecule has 6 N–H and O–H groups in total. The van der Waals surface area contributed by atoms with Crippen molar-refractivity contribution in [1.29, 1.82) is 0 Å². The topological polar surface area (TPSA) is 189 Å². The molecular formula is C22H31ClN4O8. The van der Waals surface area contributed by atoms with Gasteiger partial charge in [-0.25, -0.2) is 9.97 Å². The van der Waals surface area contributed by atoms with E-state index in [0.29, 0.717) is 23.0 Å². The number of aliphatic hydroxyl groups excluding tert-OH is 3. The lowest BCUT2D eigenvalue weighted by molar-refractivity contribution is -0.136. The molecule has 13 heteroatoms. The molecule has 0 saturated heterocycles. The highest BCUT2D eigenvalue weighted by Gasteiger charge is 2.28. The SMILES string of the molecule is C.C[C@@H](Oc1cc2c(cc1Cl)N(CCC(=O)O)C(=O)CO2)c1ncccn1.NC(CO)(CO)CO. The number of amides is 1. The number of carbonyl (C=O) groups excluding carboxylic acids is 1. The Labute approximate surface area is 207 Å². The third kappa shape index (κ3) is 8.30. The number of halogens is 1. The number of benzene rings is 1. The molecule has 2 heterocycles. The molecule has 3 rings (SSSR count). The number of fused-ring (bicyclic) bond motifs is 1. The monoisotopic (exact) mass is 514 g/mol. The molecule has 0 radical (unpaired) electrons. The highest BCUT2D eigenvalue weighted by atomic mass is 35.5. The second-order valence-corrected chi connectivity index (χ2v) is 7.84. The average molecular weight is 515 g/mol. The van der Waals surface area contributed by atoms with Crippen molar-refractivity contribution in [2.24, 2.45) is 5.73 Å². The van der Waals surface area contributed by atoms with Gasteiger partial charge in [-0.3, -0.25) is 9.59 Å². The molecule has 1 aromatic carbocycles. The fraction of sp³-hybridized carbons (Fsp3) is 0.455. The van der Waals surface area contributed by atoms with Crippen LogP contribution in [0.1, 0.15) is 32.7 Å². The number of ether oxygens (including phenoxy) is 2. The minimum absolute atomic E-state index is 0. The minimum Gasteiger partial charge on any atom is -0.481 e. The molecule has 0 spiro atoms. The lowest BCUT2D eigenvalue weighted by atomic mass is 10.1. The number of carbonyl (C=O) groups is 2. The molecular weight excluding hydrogens is 484 g/mol. The van der Waals surface area contributed by atoms with E-state index in [9.17, 15) is 9.59 Å². The van der Waals surface area contributed by atoms with Gasteiger partial charge in [-0.15, -0.1) is 0 Å². The van der Waals surface area contributed by atoms with E-state index in [1.165, 1.54) is 11.0 Å². The maximum Gasteiger partial charge on any atom is 0.305 e. The van der Waals surface area contributed by atoms with Gasteiger partial charge in [-0.1, -0.05) is 19.0 Å². The number of rotatable bonds is 9. The lowest BCUT2D eigenvalue weighted by Gasteiger charge is -2.30. The van der Waals surface area contributed by atoms with Gasteiger partial charge in [0.25, 0.3) is 5.91 Å². The third-order valence-electron chi connectivity index (χ3n) is 4.70. The van der Waals surface area contributed by atoms with Gasteiger partial charge in [0.2, 0.25) is 0 Å². The lowest BCUT2D eigenvalue weighted by Crippen LogP contribution is -2.50. The summed E-state index contributed by atoms with van der Waals surface area (Å²) in [5, 5.41) is 34.1. The predicted molar refractivity (Wildman–Crippen MR) is 128 cm³/mol. The molecule has 2 aromatic rings. The fourth-order valence-corrected chi connectivity index (χ4v) is 2.86. The van der Waals surface area contributed by atoms with Crippen molar-refractivity contribution in [2.45, 2.75) is 32.4 Å². The maximum atomic E-state index is 12.0. The van der Waals surface area contributed by atoms with Crippen molar-refractivity contribution in [3.05, 3.63) is 41.4 Å². The van der Waals surface area contributed by atoms with E-state index < -0.39 is 37.4 Å². The Morgan fingerprint density at radius 2 is 1.86 bits per heavy atom. The van der Waals surface area contributed by atoms with Crippen LogP contribution in [0.5, 0.6) is 11.5 Å². The zero-order chi connectivity index (χ0) is 25.3. The van der Waals surface area contributed by atoms with Crippen molar-refractivity contribution in [3.63, 3.8) is 0 Å². The first-order valence-electron chi connectivity index (χ1n) is 10.2. The van der Waals surface area contributed by atoms with Gasteiger partial charge >= 0.3 is 5.97 Å². The van der Waals surface area contributed by atoms with Crippen LogP contribution in [0.2, 0.25) is 5.02 Å². The summed E-state index contributed by atoms with van der Waals surface area (Å²) >= 11 is 6.29. The van der Waals surface area contributed by atoms with Gasteiger partial charge in [0.1, 0.15) is 11.5 Å². The summed E-state index contributed by atoms with van der Waals surface area (Å²) in [5.74, 6) is -0.0583. The number of carboxylic acid groups (broad SMARTS) is 1. The number of aliphatic hydroxyl groups is 3. The molecule has 1 atom stereocenters. The van der Waals surface area contributed by atoms with Crippen molar-refractivity contribution in [3.8, 4) is 11.5 Å². The number of nitrogens with two attached hydrogens (primary N) is 1. The number of hydrogen-bond acceptors (Lipinski definition) is 10. The Kier molecular flexibility index (Phi) is 11.8. The fourth-order valence-electron chi connectivity index (χ4n) is 2.66. The third-order valence-corrected chi connectivity index (χ3v) is 5.00. The van der Waals surface area contributed by atoms with Crippen LogP contribution in [0.4, 0.5) is 5.69 Å². The molecule has 0 aliphatic carbocycles. The molecule has 1 aliphatic rings. The van der Waals surface area contributed by atoms with E-state index in [2.05, 4.69) is 9.97 Å². The minimum atomic E-state index is -1.21. The molecule has 1 aromatic heterocycles. The number of aliphatic carboxylic acids is 1. The predicted octanol–water partition coefficient (Wildman–Crippen LogP) is 0.767. The summed E-state index contributed by atoms with van der Waals surface area (Å²) in [5.41, 5.74) is 4.36. The van der Waals surface area contributed by atoms with Crippen LogP contribution in [0.25, 0.3) is 0 Å². The van der Waals surface area contributed by atoms with Gasteiger partial charge < -0.3 is 40.5 Å². The van der Waals surface area contributed by atoms with Crippen molar-refractivity contribution >= 4 is 29.2 Å². The van der Waals surface area contributed by atoms with E-state index in [-0.39, 0.29) is 37.9 Å². The van der Waals surface area contributed by atoms with E-state index >= 15 is 0 Å². The Hall–Kier alpha value is -3.03. The smallest absolute Gasteiger partial charge is 0.305 e. The van der Waals surface area contributed by atoms with Crippen LogP contribution in [-0.4, -0.2) is 80.8 Å². The van der Waals surface area contributed by atoms with Crippen LogP contribution in [0.3, 0.4) is 0 Å². The Balaban J connectivity index is 0.000000590. The molecule has 0 saturated carbocycles. The first-order valence-corrected chi connectivity index (χ1v) is 10.6. The molecule has 35 heavy (non-hydrogen) atoms. The maximum absolute atomic E-state index is 12.0. The van der Waals surface area contributed by atoms with Gasteiger partial charge in [0.05, 0.1) is 42.5 Å². The highest BCUT2D eigenvalue weighted by molar-refractivity contribution is 6.32. The Morgan fingerprint density at radius 3 is 2.37 bits per heavy atom. The standard InChI is InChI=1S/C17H16ClN3O5.C4H11NO3.CH4/c1-10(17-19-4-2-5-20-17)26-13-8-14-12(7-11(13)18)21(6-3-16(23)24)15(22)9-25-14;5-4(1-6,2-7)3-8;/h2,4-5,7-8,10H,3,6,9H2,1H3,(H,23,24);6-8H,1-3,5H2;1H4/t10-;;/m1../s1. The van der Waals surface area contributed by atoms with Gasteiger partial charge in [0.15, 0.2) is 18.5 Å². The van der Waals surface area contributed by atoms with Crippen molar-refractivity contribution in [2.75, 3.05) is 37.9 Å². The number of carboxylic acids is 1. The summed E-state index contributed by atoms with van der Waals surface area (Å²) in [7, 11) is 0. The zero-order valence-electron chi connectivity index (χ0n) is 18.4. The van der Waals surface area contributed by atoms with E-state index in [1.807, 2.05) is 0 Å². The second kappa shape index (κ2) is 13.8. The first-order chi connectivity index (χ1) is 16.1. The van der Waals surface area contributed by atoms with Crippen LogP contribution in [0, 0.1) is 0 Å². The van der Waals surface area contributed by atoms with Crippen LogP contribution >= 0.6 is 11.6 Å². The second-order valence-electron chi connectivity index (χ2n) is 7.43.